The molecule has 1 saturated heterocycles. The predicted octanol–water partition coefficient (Wildman–Crippen LogP) is 2.76. The van der Waals surface area contributed by atoms with E-state index in [0.29, 0.717) is 17.9 Å². The molecule has 2 aliphatic rings. The third-order valence-corrected chi connectivity index (χ3v) is 4.71. The largest absolute Gasteiger partial charge is 0.300 e. The number of fused-ring (bicyclic) bond motifs is 1. The van der Waals surface area contributed by atoms with E-state index >= 15 is 0 Å². The van der Waals surface area contributed by atoms with Gasteiger partial charge in [-0.05, 0) is 46.1 Å². The van der Waals surface area contributed by atoms with Crippen molar-refractivity contribution in [2.24, 2.45) is 0 Å². The van der Waals surface area contributed by atoms with Crippen LogP contribution in [0.5, 0.6) is 0 Å². The Morgan fingerprint density at radius 3 is 2.68 bits per heavy atom. The molecular weight excluding hydrogens is 236 g/mol. The summed E-state index contributed by atoms with van der Waals surface area (Å²) < 4.78 is 2.16. The lowest BCUT2D eigenvalue weighted by molar-refractivity contribution is 0.164. The monoisotopic (exact) mass is 262 g/mol. The van der Waals surface area contributed by atoms with Crippen molar-refractivity contribution < 1.29 is 0 Å². The number of piperidine rings is 1. The average Bonchev–Trinajstić information content (AvgIpc) is 2.84. The molecule has 1 aromatic rings. The topological polar surface area (TPSA) is 34.0 Å². The maximum Gasteiger partial charge on any atom is 0.155 e. The van der Waals surface area contributed by atoms with Gasteiger partial charge < -0.3 is 4.90 Å². The van der Waals surface area contributed by atoms with Crippen molar-refractivity contribution in [2.45, 2.75) is 70.9 Å². The second-order valence-electron chi connectivity index (χ2n) is 6.52. The van der Waals surface area contributed by atoms with Crippen LogP contribution < -0.4 is 0 Å². The number of hydrogen-bond acceptors (Lipinski definition) is 3. The van der Waals surface area contributed by atoms with E-state index < -0.39 is 0 Å². The molecule has 0 radical (unpaired) electrons. The lowest BCUT2D eigenvalue weighted by Crippen LogP contribution is -2.39. The summed E-state index contributed by atoms with van der Waals surface area (Å²) >= 11 is 0. The van der Waals surface area contributed by atoms with Crippen molar-refractivity contribution in [3.05, 3.63) is 11.6 Å². The van der Waals surface area contributed by atoms with E-state index in [4.69, 9.17) is 10.1 Å². The molecule has 0 spiro atoms. The summed E-state index contributed by atoms with van der Waals surface area (Å²) in [6.45, 7) is 10.3. The molecule has 1 aromatic heterocycles. The van der Waals surface area contributed by atoms with Gasteiger partial charge in [0.25, 0.3) is 0 Å². The quantitative estimate of drug-likeness (QED) is 0.822. The van der Waals surface area contributed by atoms with Crippen molar-refractivity contribution in [3.8, 4) is 0 Å². The normalized spacial score (nSPS) is 28.6. The van der Waals surface area contributed by atoms with Gasteiger partial charge in [-0.3, -0.25) is 0 Å². The lowest BCUT2D eigenvalue weighted by atomic mass is 9.96. The Bertz CT molecular complexity index is 437. The van der Waals surface area contributed by atoms with Crippen LogP contribution in [-0.4, -0.2) is 38.8 Å². The van der Waals surface area contributed by atoms with Gasteiger partial charge in [-0.15, -0.1) is 0 Å². The first-order chi connectivity index (χ1) is 9.15. The van der Waals surface area contributed by atoms with Crippen molar-refractivity contribution in [1.82, 2.24) is 19.7 Å². The minimum Gasteiger partial charge on any atom is -0.300 e. The Morgan fingerprint density at radius 1 is 1.16 bits per heavy atom. The fourth-order valence-electron chi connectivity index (χ4n) is 3.44. The molecule has 0 aliphatic carbocycles. The Balaban J connectivity index is 1.78. The molecule has 0 saturated carbocycles. The molecule has 2 aliphatic heterocycles. The van der Waals surface area contributed by atoms with E-state index in [1.54, 1.807) is 0 Å². The molecule has 3 heterocycles. The number of nitrogens with zero attached hydrogens (tertiary/aromatic N) is 4. The van der Waals surface area contributed by atoms with Crippen LogP contribution in [0.3, 0.4) is 0 Å². The molecule has 106 valence electrons. The molecule has 2 atom stereocenters. The maximum absolute atomic E-state index is 4.87. The third kappa shape index (κ3) is 2.55. The maximum atomic E-state index is 4.87. The van der Waals surface area contributed by atoms with E-state index in [9.17, 15) is 0 Å². The lowest BCUT2D eigenvalue weighted by Gasteiger charge is -2.34. The van der Waals surface area contributed by atoms with Crippen LogP contribution in [0.4, 0.5) is 0 Å². The Hall–Kier alpha value is -0.900. The Kier molecular flexibility index (Phi) is 3.61. The Labute approximate surface area is 116 Å². The second-order valence-corrected chi connectivity index (χ2v) is 6.52. The zero-order valence-electron chi connectivity index (χ0n) is 12.5. The van der Waals surface area contributed by atoms with Crippen LogP contribution in [0.25, 0.3) is 0 Å². The minimum atomic E-state index is 0.543. The number of aryl methyl sites for hydroxylation is 1. The summed E-state index contributed by atoms with van der Waals surface area (Å²) in [5.74, 6) is 3.46. The number of rotatable bonds is 2. The van der Waals surface area contributed by atoms with Gasteiger partial charge in [0.1, 0.15) is 5.82 Å². The highest BCUT2D eigenvalue weighted by Crippen LogP contribution is 2.30. The molecule has 0 amide bonds. The van der Waals surface area contributed by atoms with Crippen LogP contribution in [0, 0.1) is 0 Å². The first-order valence-corrected chi connectivity index (χ1v) is 7.84. The van der Waals surface area contributed by atoms with Crippen LogP contribution in [0.2, 0.25) is 0 Å². The van der Waals surface area contributed by atoms with Crippen molar-refractivity contribution in [2.75, 3.05) is 13.1 Å². The molecule has 4 heteroatoms. The van der Waals surface area contributed by atoms with Gasteiger partial charge in [-0.1, -0.05) is 6.92 Å². The number of aromatic nitrogens is 3. The van der Waals surface area contributed by atoms with Crippen LogP contribution in [0.1, 0.15) is 69.9 Å². The molecule has 19 heavy (non-hydrogen) atoms. The van der Waals surface area contributed by atoms with Gasteiger partial charge in [0.15, 0.2) is 5.82 Å². The summed E-state index contributed by atoms with van der Waals surface area (Å²) in [6.07, 6.45) is 5.05. The highest BCUT2D eigenvalue weighted by atomic mass is 15.4. The first kappa shape index (κ1) is 13.1. The minimum absolute atomic E-state index is 0.543. The number of hydrogen-bond donors (Lipinski definition) is 0. The van der Waals surface area contributed by atoms with Gasteiger partial charge >= 0.3 is 0 Å². The molecule has 2 unspecified atom stereocenters. The van der Waals surface area contributed by atoms with E-state index in [-0.39, 0.29) is 0 Å². The van der Waals surface area contributed by atoms with Gasteiger partial charge in [-0.25, -0.2) is 9.67 Å². The van der Waals surface area contributed by atoms with E-state index in [1.165, 1.54) is 38.1 Å². The summed E-state index contributed by atoms with van der Waals surface area (Å²) in [5, 5.41) is 4.80. The molecule has 1 fully saturated rings. The molecule has 3 rings (SSSR count). The molecule has 4 nitrogen and oxygen atoms in total. The van der Waals surface area contributed by atoms with E-state index in [2.05, 4.69) is 30.4 Å². The van der Waals surface area contributed by atoms with Gasteiger partial charge in [0.05, 0.1) is 0 Å². The Morgan fingerprint density at radius 2 is 1.95 bits per heavy atom. The van der Waals surface area contributed by atoms with Gasteiger partial charge in [0.2, 0.25) is 0 Å². The smallest absolute Gasteiger partial charge is 0.155 e. The zero-order valence-corrected chi connectivity index (χ0v) is 12.5. The van der Waals surface area contributed by atoms with Crippen molar-refractivity contribution >= 4 is 0 Å². The third-order valence-electron chi connectivity index (χ3n) is 4.71. The van der Waals surface area contributed by atoms with Gasteiger partial charge in [0, 0.05) is 31.0 Å². The SMILES string of the molecule is CC1CCCn2nc(C3CCCN(C(C)C)C3)nc21. The van der Waals surface area contributed by atoms with Crippen molar-refractivity contribution in [3.63, 3.8) is 0 Å². The summed E-state index contributed by atoms with van der Waals surface area (Å²) in [7, 11) is 0. The molecular formula is C15H26N4. The highest BCUT2D eigenvalue weighted by molar-refractivity contribution is 5.06. The molecule has 0 bridgehead atoms. The van der Waals surface area contributed by atoms with Crippen LogP contribution in [0.15, 0.2) is 0 Å². The molecule has 0 N–H and O–H groups in total. The second kappa shape index (κ2) is 5.23. The zero-order chi connectivity index (χ0) is 13.4. The van der Waals surface area contributed by atoms with Crippen LogP contribution in [-0.2, 0) is 6.54 Å². The molecule has 0 aromatic carbocycles. The average molecular weight is 262 g/mol. The summed E-state index contributed by atoms with van der Waals surface area (Å²) in [4.78, 5) is 7.44. The summed E-state index contributed by atoms with van der Waals surface area (Å²) in [5.41, 5.74) is 0. The summed E-state index contributed by atoms with van der Waals surface area (Å²) in [6, 6.07) is 0.638. The standard InChI is InChI=1S/C15H26N4/c1-11(2)18-8-5-7-13(10-18)14-16-15-12(3)6-4-9-19(15)17-14/h11-13H,4-10H2,1-3H3. The first-order valence-electron chi connectivity index (χ1n) is 7.84. The predicted molar refractivity (Wildman–Crippen MR) is 76.4 cm³/mol. The fourth-order valence-corrected chi connectivity index (χ4v) is 3.44. The van der Waals surface area contributed by atoms with Crippen LogP contribution >= 0.6 is 0 Å². The number of likely N-dealkylation sites (tertiary alicyclic amines) is 1. The fraction of sp³-hybridized carbons (Fsp3) is 0.867. The highest BCUT2D eigenvalue weighted by Gasteiger charge is 2.28. The van der Waals surface area contributed by atoms with Gasteiger partial charge in [-0.2, -0.15) is 5.10 Å². The van der Waals surface area contributed by atoms with E-state index in [1.807, 2.05) is 0 Å². The van der Waals surface area contributed by atoms with E-state index in [0.717, 1.165) is 18.9 Å². The van der Waals surface area contributed by atoms with Crippen molar-refractivity contribution in [1.29, 1.82) is 0 Å².